The van der Waals surface area contributed by atoms with Crippen molar-refractivity contribution in [2.24, 2.45) is 0 Å². The number of hydrogen-bond donors (Lipinski definition) is 1. The van der Waals surface area contributed by atoms with Gasteiger partial charge in [0.15, 0.2) is 0 Å². The number of methoxy groups -OCH3 is 1. The molecule has 0 unspecified atom stereocenters. The van der Waals surface area contributed by atoms with Gasteiger partial charge in [-0.15, -0.1) is 0 Å². The Labute approximate surface area is 129 Å². The van der Waals surface area contributed by atoms with E-state index in [0.717, 1.165) is 27.6 Å². The smallest absolute Gasteiger partial charge is 0.212 e. The first-order valence-corrected chi connectivity index (χ1v) is 7.41. The van der Waals surface area contributed by atoms with Gasteiger partial charge in [-0.2, -0.15) is 0 Å². The fourth-order valence-corrected chi connectivity index (χ4v) is 2.31. The van der Waals surface area contributed by atoms with Gasteiger partial charge in [0.1, 0.15) is 0 Å². The molecule has 0 atom stereocenters. The summed E-state index contributed by atoms with van der Waals surface area (Å²) in [5, 5.41) is 3.39. The van der Waals surface area contributed by atoms with Gasteiger partial charge in [0, 0.05) is 34.3 Å². The van der Waals surface area contributed by atoms with Gasteiger partial charge in [0.05, 0.1) is 7.11 Å². The fraction of sp³-hybridized carbons (Fsp3) is 0.214. The molecule has 5 heteroatoms. The second-order valence-electron chi connectivity index (χ2n) is 4.06. The predicted octanol–water partition coefficient (Wildman–Crippen LogP) is 3.91. The summed E-state index contributed by atoms with van der Waals surface area (Å²) in [5.41, 5.74) is 2.37. The van der Waals surface area contributed by atoms with Crippen molar-refractivity contribution in [1.82, 2.24) is 10.3 Å². The maximum atomic E-state index is 5.03. The highest BCUT2D eigenvalue weighted by molar-refractivity contribution is 9.13. The van der Waals surface area contributed by atoms with Gasteiger partial charge in [-0.05, 0) is 55.1 Å². The first-order valence-electron chi connectivity index (χ1n) is 5.82. The molecule has 0 amide bonds. The van der Waals surface area contributed by atoms with Crippen LogP contribution in [-0.4, -0.2) is 12.1 Å². The van der Waals surface area contributed by atoms with Crippen LogP contribution >= 0.6 is 31.9 Å². The Bertz CT molecular complexity index is 544. The largest absolute Gasteiger partial charge is 0.481 e. The Morgan fingerprint density at radius 2 is 1.79 bits per heavy atom. The molecule has 0 fully saturated rings. The molecular formula is C14H14Br2N2O. The van der Waals surface area contributed by atoms with Gasteiger partial charge in [0.25, 0.3) is 0 Å². The molecule has 0 aliphatic rings. The van der Waals surface area contributed by atoms with E-state index >= 15 is 0 Å². The first-order chi connectivity index (χ1) is 9.19. The van der Waals surface area contributed by atoms with Crippen LogP contribution in [0.15, 0.2) is 45.5 Å². The van der Waals surface area contributed by atoms with Crippen LogP contribution in [0.2, 0.25) is 0 Å². The van der Waals surface area contributed by atoms with E-state index in [1.54, 1.807) is 7.11 Å². The number of halogens is 2. The average molecular weight is 386 g/mol. The Morgan fingerprint density at radius 1 is 1.05 bits per heavy atom. The number of pyridine rings is 1. The average Bonchev–Trinajstić information content (AvgIpc) is 2.43. The minimum absolute atomic E-state index is 0.639. The molecule has 100 valence electrons. The molecule has 19 heavy (non-hydrogen) atoms. The van der Waals surface area contributed by atoms with E-state index in [0.29, 0.717) is 5.88 Å². The summed E-state index contributed by atoms with van der Waals surface area (Å²) < 4.78 is 7.16. The summed E-state index contributed by atoms with van der Waals surface area (Å²) >= 11 is 6.96. The molecule has 0 aliphatic carbocycles. The van der Waals surface area contributed by atoms with Gasteiger partial charge in [-0.1, -0.05) is 12.1 Å². The highest BCUT2D eigenvalue weighted by Gasteiger charge is 1.99. The zero-order chi connectivity index (χ0) is 13.7. The van der Waals surface area contributed by atoms with Crippen LogP contribution in [-0.2, 0) is 13.1 Å². The predicted molar refractivity (Wildman–Crippen MR) is 83.2 cm³/mol. The molecule has 1 aromatic heterocycles. The molecule has 1 heterocycles. The molecule has 0 bridgehead atoms. The van der Waals surface area contributed by atoms with Crippen LogP contribution in [0.25, 0.3) is 0 Å². The van der Waals surface area contributed by atoms with Crippen molar-refractivity contribution in [2.75, 3.05) is 7.11 Å². The second kappa shape index (κ2) is 7.03. The molecule has 0 saturated heterocycles. The number of rotatable bonds is 5. The maximum absolute atomic E-state index is 5.03. The number of hydrogen-bond acceptors (Lipinski definition) is 3. The molecular weight excluding hydrogens is 372 g/mol. The molecule has 0 spiro atoms. The summed E-state index contributed by atoms with van der Waals surface area (Å²) in [6, 6.07) is 10.1. The molecule has 2 rings (SSSR count). The summed E-state index contributed by atoms with van der Waals surface area (Å²) in [4.78, 5) is 4.17. The lowest BCUT2D eigenvalue weighted by atomic mass is 10.2. The van der Waals surface area contributed by atoms with E-state index in [-0.39, 0.29) is 0 Å². The SMILES string of the molecule is COc1ccc(CNCc2ccc(Br)c(Br)c2)cn1. The maximum Gasteiger partial charge on any atom is 0.212 e. The zero-order valence-corrected chi connectivity index (χ0v) is 13.7. The summed E-state index contributed by atoms with van der Waals surface area (Å²) in [5.74, 6) is 0.639. The molecule has 0 saturated carbocycles. The Hall–Kier alpha value is -0.910. The molecule has 2 aromatic rings. The summed E-state index contributed by atoms with van der Waals surface area (Å²) in [6.07, 6.45) is 1.82. The van der Waals surface area contributed by atoms with Gasteiger partial charge in [-0.3, -0.25) is 0 Å². The van der Waals surface area contributed by atoms with Crippen molar-refractivity contribution in [3.8, 4) is 5.88 Å². The van der Waals surface area contributed by atoms with Crippen LogP contribution in [0.5, 0.6) is 5.88 Å². The van der Waals surface area contributed by atoms with Crippen molar-refractivity contribution in [3.63, 3.8) is 0 Å². The minimum atomic E-state index is 0.639. The molecule has 0 aliphatic heterocycles. The Balaban J connectivity index is 1.86. The van der Waals surface area contributed by atoms with E-state index in [1.807, 2.05) is 24.4 Å². The molecule has 3 nitrogen and oxygen atoms in total. The van der Waals surface area contributed by atoms with Crippen molar-refractivity contribution in [1.29, 1.82) is 0 Å². The standard InChI is InChI=1S/C14H14Br2N2O/c1-19-14-5-3-11(9-18-14)8-17-7-10-2-4-12(15)13(16)6-10/h2-6,9,17H,7-8H2,1H3. The van der Waals surface area contributed by atoms with Crippen LogP contribution < -0.4 is 10.1 Å². The minimum Gasteiger partial charge on any atom is -0.481 e. The van der Waals surface area contributed by atoms with Gasteiger partial charge < -0.3 is 10.1 Å². The lowest BCUT2D eigenvalue weighted by Gasteiger charge is -2.07. The lowest BCUT2D eigenvalue weighted by molar-refractivity contribution is 0.397. The third kappa shape index (κ3) is 4.30. The van der Waals surface area contributed by atoms with Crippen molar-refractivity contribution in [2.45, 2.75) is 13.1 Å². The normalized spacial score (nSPS) is 10.5. The van der Waals surface area contributed by atoms with Crippen LogP contribution in [0, 0.1) is 0 Å². The second-order valence-corrected chi connectivity index (χ2v) is 5.77. The van der Waals surface area contributed by atoms with E-state index in [2.05, 4.69) is 54.3 Å². The zero-order valence-electron chi connectivity index (χ0n) is 10.5. The van der Waals surface area contributed by atoms with Crippen LogP contribution in [0.4, 0.5) is 0 Å². The highest BCUT2D eigenvalue weighted by atomic mass is 79.9. The Morgan fingerprint density at radius 3 is 2.42 bits per heavy atom. The molecule has 1 N–H and O–H groups in total. The van der Waals surface area contributed by atoms with E-state index in [9.17, 15) is 0 Å². The first kappa shape index (κ1) is 14.5. The number of aromatic nitrogens is 1. The summed E-state index contributed by atoms with van der Waals surface area (Å²) in [6.45, 7) is 1.60. The number of nitrogens with one attached hydrogen (secondary N) is 1. The van der Waals surface area contributed by atoms with Gasteiger partial charge in [-0.25, -0.2) is 4.98 Å². The third-order valence-corrected chi connectivity index (χ3v) is 4.53. The van der Waals surface area contributed by atoms with Crippen molar-refractivity contribution >= 4 is 31.9 Å². The number of nitrogens with zero attached hydrogens (tertiary/aromatic N) is 1. The lowest BCUT2D eigenvalue weighted by Crippen LogP contribution is -2.12. The van der Waals surface area contributed by atoms with Gasteiger partial charge in [0.2, 0.25) is 5.88 Å². The number of ether oxygens (including phenoxy) is 1. The van der Waals surface area contributed by atoms with E-state index < -0.39 is 0 Å². The Kier molecular flexibility index (Phi) is 5.36. The van der Waals surface area contributed by atoms with Gasteiger partial charge >= 0.3 is 0 Å². The highest BCUT2D eigenvalue weighted by Crippen LogP contribution is 2.23. The van der Waals surface area contributed by atoms with Crippen molar-refractivity contribution in [3.05, 3.63) is 56.6 Å². The topological polar surface area (TPSA) is 34.1 Å². The fourth-order valence-electron chi connectivity index (χ4n) is 1.64. The monoisotopic (exact) mass is 384 g/mol. The third-order valence-electron chi connectivity index (χ3n) is 2.65. The van der Waals surface area contributed by atoms with Crippen molar-refractivity contribution < 1.29 is 4.74 Å². The van der Waals surface area contributed by atoms with Crippen LogP contribution in [0.1, 0.15) is 11.1 Å². The number of benzene rings is 1. The quantitative estimate of drug-likeness (QED) is 0.847. The molecule has 1 aromatic carbocycles. The molecule has 0 radical (unpaired) electrons. The summed E-state index contributed by atoms with van der Waals surface area (Å²) in [7, 11) is 1.62. The van der Waals surface area contributed by atoms with E-state index in [1.165, 1.54) is 5.56 Å². The van der Waals surface area contributed by atoms with Crippen LogP contribution in [0.3, 0.4) is 0 Å². The van der Waals surface area contributed by atoms with E-state index in [4.69, 9.17) is 4.74 Å².